The van der Waals surface area contributed by atoms with Gasteiger partial charge in [-0.3, -0.25) is 14.6 Å². The molecule has 0 aromatic carbocycles. The second-order valence-electron chi connectivity index (χ2n) is 5.66. The number of rotatable bonds is 8. The van der Waals surface area contributed by atoms with Crippen LogP contribution in [0.15, 0.2) is 18.3 Å². The standard InChI is InChI=1S/C15H23N3O3/c1-10(2)5-11(6-15(20)21)8-18-14(19)7-13-4-3-12(16)9-17-13/h3-4,9-11H,5-8,16H2,1-2H3,(H,18,19)(H,20,21). The Morgan fingerprint density at radius 2 is 2.10 bits per heavy atom. The van der Waals surface area contributed by atoms with Gasteiger partial charge in [0.2, 0.25) is 5.91 Å². The number of nitrogens with zero attached hydrogens (tertiary/aromatic N) is 1. The molecule has 6 heteroatoms. The Balaban J connectivity index is 2.44. The van der Waals surface area contributed by atoms with Crippen LogP contribution in [0.3, 0.4) is 0 Å². The number of nitrogen functional groups attached to an aromatic ring is 1. The van der Waals surface area contributed by atoms with Gasteiger partial charge in [-0.2, -0.15) is 0 Å². The highest BCUT2D eigenvalue weighted by atomic mass is 16.4. The van der Waals surface area contributed by atoms with Crippen molar-refractivity contribution in [1.29, 1.82) is 0 Å². The Morgan fingerprint density at radius 3 is 2.62 bits per heavy atom. The molecule has 0 saturated carbocycles. The van der Waals surface area contributed by atoms with Crippen molar-refractivity contribution in [2.45, 2.75) is 33.1 Å². The number of hydrogen-bond acceptors (Lipinski definition) is 4. The van der Waals surface area contributed by atoms with Crippen LogP contribution in [-0.2, 0) is 16.0 Å². The van der Waals surface area contributed by atoms with Crippen molar-refractivity contribution in [2.24, 2.45) is 11.8 Å². The lowest BCUT2D eigenvalue weighted by Gasteiger charge is -2.17. The molecule has 1 aromatic rings. The summed E-state index contributed by atoms with van der Waals surface area (Å²) in [7, 11) is 0. The number of hydrogen-bond donors (Lipinski definition) is 3. The van der Waals surface area contributed by atoms with Gasteiger partial charge in [-0.05, 0) is 30.4 Å². The Morgan fingerprint density at radius 1 is 1.38 bits per heavy atom. The smallest absolute Gasteiger partial charge is 0.303 e. The van der Waals surface area contributed by atoms with Gasteiger partial charge in [-0.1, -0.05) is 13.8 Å². The summed E-state index contributed by atoms with van der Waals surface area (Å²) in [4.78, 5) is 26.7. The minimum Gasteiger partial charge on any atom is -0.481 e. The van der Waals surface area contributed by atoms with Crippen LogP contribution in [-0.4, -0.2) is 28.5 Å². The van der Waals surface area contributed by atoms with Crippen LogP contribution in [0.4, 0.5) is 5.69 Å². The van der Waals surface area contributed by atoms with Gasteiger partial charge in [0.15, 0.2) is 0 Å². The number of nitrogens with two attached hydrogens (primary N) is 1. The first-order valence-electron chi connectivity index (χ1n) is 7.05. The van der Waals surface area contributed by atoms with Gasteiger partial charge >= 0.3 is 5.97 Å². The first-order valence-corrected chi connectivity index (χ1v) is 7.05. The number of amides is 1. The van der Waals surface area contributed by atoms with Crippen molar-refractivity contribution in [3.63, 3.8) is 0 Å². The first kappa shape index (κ1) is 16.9. The molecule has 1 atom stereocenters. The molecule has 0 fully saturated rings. The lowest BCUT2D eigenvalue weighted by molar-refractivity contribution is -0.138. The van der Waals surface area contributed by atoms with Crippen LogP contribution >= 0.6 is 0 Å². The molecule has 0 spiro atoms. The van der Waals surface area contributed by atoms with Crippen molar-refractivity contribution < 1.29 is 14.7 Å². The monoisotopic (exact) mass is 293 g/mol. The first-order chi connectivity index (χ1) is 9.86. The highest BCUT2D eigenvalue weighted by Gasteiger charge is 2.16. The van der Waals surface area contributed by atoms with Gasteiger partial charge in [-0.25, -0.2) is 0 Å². The number of carboxylic acid groups (broad SMARTS) is 1. The number of aromatic nitrogens is 1. The van der Waals surface area contributed by atoms with Gasteiger partial charge in [0, 0.05) is 18.7 Å². The van der Waals surface area contributed by atoms with Crippen molar-refractivity contribution >= 4 is 17.6 Å². The van der Waals surface area contributed by atoms with Crippen LogP contribution in [0.5, 0.6) is 0 Å². The normalized spacial score (nSPS) is 12.1. The summed E-state index contributed by atoms with van der Waals surface area (Å²) in [5, 5.41) is 11.7. The fraction of sp³-hybridized carbons (Fsp3) is 0.533. The summed E-state index contributed by atoms with van der Waals surface area (Å²) in [6, 6.07) is 3.40. The van der Waals surface area contributed by atoms with Gasteiger partial charge in [0.1, 0.15) is 0 Å². The quantitative estimate of drug-likeness (QED) is 0.673. The molecule has 1 unspecified atom stereocenters. The number of aliphatic carboxylic acids is 1. The second kappa shape index (κ2) is 8.24. The molecule has 6 nitrogen and oxygen atoms in total. The molecule has 21 heavy (non-hydrogen) atoms. The average Bonchev–Trinajstić information content (AvgIpc) is 2.37. The van der Waals surface area contributed by atoms with Crippen LogP contribution in [0.2, 0.25) is 0 Å². The summed E-state index contributed by atoms with van der Waals surface area (Å²) in [5.74, 6) is -0.655. The molecule has 1 amide bonds. The highest BCUT2D eigenvalue weighted by Crippen LogP contribution is 2.14. The predicted octanol–water partition coefficient (Wildman–Crippen LogP) is 1.46. The zero-order valence-corrected chi connectivity index (χ0v) is 12.5. The maximum Gasteiger partial charge on any atom is 0.303 e. The fourth-order valence-corrected chi connectivity index (χ4v) is 2.18. The summed E-state index contributed by atoms with van der Waals surface area (Å²) in [6.07, 6.45) is 2.52. The van der Waals surface area contributed by atoms with E-state index < -0.39 is 5.97 Å². The molecule has 116 valence electrons. The lowest BCUT2D eigenvalue weighted by atomic mass is 9.94. The average molecular weight is 293 g/mol. The Bertz CT molecular complexity index is 472. The molecule has 1 aromatic heterocycles. The van der Waals surface area contributed by atoms with Crippen molar-refractivity contribution in [3.8, 4) is 0 Å². The predicted molar refractivity (Wildman–Crippen MR) is 80.6 cm³/mol. The molecule has 0 radical (unpaired) electrons. The SMILES string of the molecule is CC(C)CC(CNC(=O)Cc1ccc(N)cn1)CC(=O)O. The van der Waals surface area contributed by atoms with Crippen molar-refractivity contribution in [2.75, 3.05) is 12.3 Å². The molecule has 0 aliphatic carbocycles. The van der Waals surface area contributed by atoms with Gasteiger partial charge in [0.05, 0.1) is 18.3 Å². The maximum absolute atomic E-state index is 11.8. The maximum atomic E-state index is 11.8. The van der Waals surface area contributed by atoms with E-state index in [-0.39, 0.29) is 24.7 Å². The fourth-order valence-electron chi connectivity index (χ4n) is 2.18. The topological polar surface area (TPSA) is 105 Å². The number of carbonyl (C=O) groups is 2. The van der Waals surface area contributed by atoms with E-state index in [1.807, 2.05) is 13.8 Å². The number of carboxylic acids is 1. The van der Waals surface area contributed by atoms with Crippen molar-refractivity contribution in [3.05, 3.63) is 24.0 Å². The molecular formula is C15H23N3O3. The van der Waals surface area contributed by atoms with Crippen molar-refractivity contribution in [1.82, 2.24) is 10.3 Å². The number of pyridine rings is 1. The summed E-state index contributed by atoms with van der Waals surface area (Å²) >= 11 is 0. The Hall–Kier alpha value is -2.11. The highest BCUT2D eigenvalue weighted by molar-refractivity contribution is 5.78. The number of nitrogens with one attached hydrogen (secondary N) is 1. The molecular weight excluding hydrogens is 270 g/mol. The van der Waals surface area contributed by atoms with Gasteiger partial charge in [-0.15, -0.1) is 0 Å². The van der Waals surface area contributed by atoms with E-state index in [0.717, 1.165) is 6.42 Å². The van der Waals surface area contributed by atoms with Crippen LogP contribution in [0, 0.1) is 11.8 Å². The van der Waals surface area contributed by atoms with Crippen LogP contribution in [0.1, 0.15) is 32.4 Å². The third-order valence-electron chi connectivity index (χ3n) is 3.05. The van der Waals surface area contributed by atoms with Crippen LogP contribution in [0.25, 0.3) is 0 Å². The molecule has 0 saturated heterocycles. The minimum atomic E-state index is -0.838. The summed E-state index contributed by atoms with van der Waals surface area (Å²) in [6.45, 7) is 4.45. The summed E-state index contributed by atoms with van der Waals surface area (Å²) in [5.41, 5.74) is 6.72. The molecule has 1 rings (SSSR count). The summed E-state index contributed by atoms with van der Waals surface area (Å²) < 4.78 is 0. The van der Waals surface area contributed by atoms with E-state index in [4.69, 9.17) is 10.8 Å². The van der Waals surface area contributed by atoms with E-state index in [1.165, 1.54) is 6.20 Å². The molecule has 1 heterocycles. The molecule has 0 aliphatic rings. The molecule has 0 bridgehead atoms. The Kier molecular flexibility index (Phi) is 6.65. The van der Waals surface area contributed by atoms with E-state index >= 15 is 0 Å². The third kappa shape index (κ3) is 7.29. The largest absolute Gasteiger partial charge is 0.481 e. The zero-order chi connectivity index (χ0) is 15.8. The number of anilines is 1. The van der Waals surface area contributed by atoms with Crippen LogP contribution < -0.4 is 11.1 Å². The molecule has 0 aliphatic heterocycles. The van der Waals surface area contributed by atoms with E-state index in [0.29, 0.717) is 23.8 Å². The zero-order valence-electron chi connectivity index (χ0n) is 12.5. The third-order valence-corrected chi connectivity index (χ3v) is 3.05. The molecule has 4 N–H and O–H groups in total. The number of carbonyl (C=O) groups excluding carboxylic acids is 1. The second-order valence-corrected chi connectivity index (χ2v) is 5.66. The van der Waals surface area contributed by atoms with E-state index in [9.17, 15) is 9.59 Å². The van der Waals surface area contributed by atoms with Gasteiger partial charge in [0.25, 0.3) is 0 Å². The minimum absolute atomic E-state index is 0.0502. The Labute approximate surface area is 124 Å². The van der Waals surface area contributed by atoms with E-state index in [2.05, 4.69) is 10.3 Å². The lowest BCUT2D eigenvalue weighted by Crippen LogP contribution is -2.32. The van der Waals surface area contributed by atoms with Gasteiger partial charge < -0.3 is 16.2 Å². The van der Waals surface area contributed by atoms with E-state index in [1.54, 1.807) is 12.1 Å².